The molecule has 0 aliphatic carbocycles. The van der Waals surface area contributed by atoms with Gasteiger partial charge in [-0.1, -0.05) is 35.9 Å². The number of rotatable bonds is 4. The van der Waals surface area contributed by atoms with Crippen molar-refractivity contribution in [1.29, 1.82) is 0 Å². The van der Waals surface area contributed by atoms with Gasteiger partial charge in [0.15, 0.2) is 0 Å². The summed E-state index contributed by atoms with van der Waals surface area (Å²) < 4.78 is 6.12. The minimum absolute atomic E-state index is 0.360. The summed E-state index contributed by atoms with van der Waals surface area (Å²) in [7, 11) is 3.94. The van der Waals surface area contributed by atoms with Gasteiger partial charge in [-0.2, -0.15) is 0 Å². The van der Waals surface area contributed by atoms with Gasteiger partial charge in [0.25, 0.3) is 0 Å². The maximum atomic E-state index is 12.8. The Balaban J connectivity index is 1.71. The molecule has 3 aromatic carbocycles. The average molecular weight is 434 g/mol. The molecule has 0 spiro atoms. The van der Waals surface area contributed by atoms with E-state index in [2.05, 4.69) is 16.7 Å². The van der Waals surface area contributed by atoms with E-state index in [4.69, 9.17) is 16.0 Å². The van der Waals surface area contributed by atoms with Crippen LogP contribution in [0.15, 0.2) is 65.1 Å². The van der Waals surface area contributed by atoms with Crippen LogP contribution in [0.3, 0.4) is 0 Å². The first kappa shape index (κ1) is 20.8. The number of urea groups is 1. The van der Waals surface area contributed by atoms with Gasteiger partial charge >= 0.3 is 6.03 Å². The maximum absolute atomic E-state index is 12.8. The highest BCUT2D eigenvalue weighted by molar-refractivity contribution is 6.34. The number of halogens is 1. The third-order valence-electron chi connectivity index (χ3n) is 5.13. The van der Waals surface area contributed by atoms with Crippen molar-refractivity contribution in [3.05, 3.63) is 76.8 Å². The molecule has 158 valence electrons. The zero-order valence-electron chi connectivity index (χ0n) is 17.9. The van der Waals surface area contributed by atoms with Gasteiger partial charge in [-0.25, -0.2) is 4.79 Å². The number of aryl methyl sites for hydroxylation is 2. The number of hydrogen-bond donors (Lipinski definition) is 2. The Morgan fingerprint density at radius 2 is 1.68 bits per heavy atom. The Morgan fingerprint density at radius 1 is 0.968 bits per heavy atom. The van der Waals surface area contributed by atoms with E-state index in [0.717, 1.165) is 38.9 Å². The zero-order valence-corrected chi connectivity index (χ0v) is 18.7. The molecule has 0 bridgehead atoms. The highest BCUT2D eigenvalue weighted by Crippen LogP contribution is 2.42. The van der Waals surface area contributed by atoms with Gasteiger partial charge in [-0.15, -0.1) is 0 Å². The molecule has 0 fully saturated rings. The van der Waals surface area contributed by atoms with Crippen molar-refractivity contribution in [3.8, 4) is 11.1 Å². The molecule has 6 heteroatoms. The van der Waals surface area contributed by atoms with Gasteiger partial charge in [-0.05, 0) is 61.4 Å². The second kappa shape index (κ2) is 8.36. The Kier molecular flexibility index (Phi) is 5.61. The first-order chi connectivity index (χ1) is 14.8. The van der Waals surface area contributed by atoms with Crippen LogP contribution in [0.5, 0.6) is 0 Å². The first-order valence-electron chi connectivity index (χ1n) is 9.97. The van der Waals surface area contributed by atoms with E-state index in [1.165, 1.54) is 0 Å². The van der Waals surface area contributed by atoms with E-state index in [1.807, 2.05) is 87.4 Å². The van der Waals surface area contributed by atoms with Crippen LogP contribution < -0.4 is 15.5 Å². The predicted molar refractivity (Wildman–Crippen MR) is 130 cm³/mol. The molecule has 0 aliphatic rings. The number of anilines is 3. The van der Waals surface area contributed by atoms with Gasteiger partial charge in [0.1, 0.15) is 5.58 Å². The molecule has 5 nitrogen and oxygen atoms in total. The van der Waals surface area contributed by atoms with E-state index in [9.17, 15) is 4.79 Å². The Labute approximate surface area is 186 Å². The monoisotopic (exact) mass is 433 g/mol. The van der Waals surface area contributed by atoms with Crippen molar-refractivity contribution in [3.63, 3.8) is 0 Å². The SMILES string of the molecule is Cc1cc(C)c2oc(NC(=O)Nc3ccc(N(C)C)cc3)c(-c3ccccc3Cl)c2c1. The van der Waals surface area contributed by atoms with Crippen molar-refractivity contribution < 1.29 is 9.21 Å². The van der Waals surface area contributed by atoms with E-state index in [-0.39, 0.29) is 6.03 Å². The van der Waals surface area contributed by atoms with Crippen molar-refractivity contribution in [2.75, 3.05) is 29.6 Å². The number of benzene rings is 3. The van der Waals surface area contributed by atoms with Crippen molar-refractivity contribution in [1.82, 2.24) is 0 Å². The lowest BCUT2D eigenvalue weighted by Crippen LogP contribution is -2.19. The van der Waals surface area contributed by atoms with Gasteiger partial charge in [0, 0.05) is 41.4 Å². The van der Waals surface area contributed by atoms with Crippen LogP contribution in [-0.4, -0.2) is 20.1 Å². The number of nitrogens with one attached hydrogen (secondary N) is 2. The molecule has 0 radical (unpaired) electrons. The molecule has 1 aromatic heterocycles. The standard InChI is InChI=1S/C25H24ClN3O2/c1-15-13-16(2)23-20(14-15)22(19-7-5-6-8-21(19)26)24(31-23)28-25(30)27-17-9-11-18(12-10-17)29(3)4/h5-14H,1-4H3,(H2,27,28,30). The minimum Gasteiger partial charge on any atom is -0.439 e. The van der Waals surface area contributed by atoms with Gasteiger partial charge in [0.2, 0.25) is 5.88 Å². The fourth-order valence-corrected chi connectivity index (χ4v) is 3.91. The normalized spacial score (nSPS) is 10.9. The summed E-state index contributed by atoms with van der Waals surface area (Å²) in [6, 6.07) is 18.9. The molecular formula is C25H24ClN3O2. The number of nitrogens with zero attached hydrogens (tertiary/aromatic N) is 1. The van der Waals surface area contributed by atoms with Crippen molar-refractivity contribution >= 4 is 45.9 Å². The van der Waals surface area contributed by atoms with Crippen molar-refractivity contribution in [2.24, 2.45) is 0 Å². The summed E-state index contributed by atoms with van der Waals surface area (Å²) in [5.74, 6) is 0.360. The van der Waals surface area contributed by atoms with E-state index >= 15 is 0 Å². The molecule has 2 N–H and O–H groups in total. The molecule has 0 saturated carbocycles. The second-order valence-electron chi connectivity index (χ2n) is 7.76. The second-order valence-corrected chi connectivity index (χ2v) is 8.17. The lowest BCUT2D eigenvalue weighted by molar-refractivity contribution is 0.261. The molecule has 4 aromatic rings. The number of amides is 2. The van der Waals surface area contributed by atoms with Crippen LogP contribution >= 0.6 is 11.6 Å². The third-order valence-corrected chi connectivity index (χ3v) is 5.46. The molecule has 0 unspecified atom stereocenters. The first-order valence-corrected chi connectivity index (χ1v) is 10.4. The molecule has 0 saturated heterocycles. The summed E-state index contributed by atoms with van der Waals surface area (Å²) >= 11 is 6.50. The zero-order chi connectivity index (χ0) is 22.1. The summed E-state index contributed by atoms with van der Waals surface area (Å²) in [6.07, 6.45) is 0. The fourth-order valence-electron chi connectivity index (χ4n) is 3.68. The summed E-state index contributed by atoms with van der Waals surface area (Å²) in [5, 5.41) is 7.23. The lowest BCUT2D eigenvalue weighted by Gasteiger charge is -2.13. The smallest absolute Gasteiger partial charge is 0.326 e. The lowest BCUT2D eigenvalue weighted by atomic mass is 10.0. The van der Waals surface area contributed by atoms with E-state index < -0.39 is 0 Å². The molecule has 1 heterocycles. The number of carbonyl (C=O) groups is 1. The fraction of sp³-hybridized carbons (Fsp3) is 0.160. The van der Waals surface area contributed by atoms with Gasteiger partial charge in [0.05, 0.1) is 5.56 Å². The third kappa shape index (κ3) is 4.23. The maximum Gasteiger partial charge on any atom is 0.326 e. The predicted octanol–water partition coefficient (Wildman–Crippen LogP) is 7.08. The minimum atomic E-state index is -0.390. The quantitative estimate of drug-likeness (QED) is 0.361. The number of carbonyl (C=O) groups excluding carboxylic acids is 1. The van der Waals surface area contributed by atoms with E-state index in [0.29, 0.717) is 16.6 Å². The molecular weight excluding hydrogens is 410 g/mol. The number of furan rings is 1. The number of fused-ring (bicyclic) bond motifs is 1. The topological polar surface area (TPSA) is 57.5 Å². The molecule has 2 amide bonds. The van der Waals surface area contributed by atoms with Crippen LogP contribution in [0.1, 0.15) is 11.1 Å². The van der Waals surface area contributed by atoms with Gasteiger partial charge < -0.3 is 14.6 Å². The van der Waals surface area contributed by atoms with Crippen LogP contribution in [0.4, 0.5) is 22.1 Å². The summed E-state index contributed by atoms with van der Waals surface area (Å²) in [6.45, 7) is 4.03. The highest BCUT2D eigenvalue weighted by Gasteiger charge is 2.21. The number of hydrogen-bond acceptors (Lipinski definition) is 3. The van der Waals surface area contributed by atoms with Crippen molar-refractivity contribution in [2.45, 2.75) is 13.8 Å². The van der Waals surface area contributed by atoms with Crippen LogP contribution in [-0.2, 0) is 0 Å². The molecule has 0 atom stereocenters. The largest absolute Gasteiger partial charge is 0.439 e. The van der Waals surface area contributed by atoms with Gasteiger partial charge in [-0.3, -0.25) is 5.32 Å². The Bertz CT molecular complexity index is 1260. The van der Waals surface area contributed by atoms with Crippen LogP contribution in [0, 0.1) is 13.8 Å². The Morgan fingerprint density at radius 3 is 2.35 bits per heavy atom. The summed E-state index contributed by atoms with van der Waals surface area (Å²) in [4.78, 5) is 14.8. The summed E-state index contributed by atoms with van der Waals surface area (Å²) in [5.41, 5.74) is 6.14. The van der Waals surface area contributed by atoms with Crippen LogP contribution in [0.2, 0.25) is 5.02 Å². The Hall–Kier alpha value is -3.44. The van der Waals surface area contributed by atoms with E-state index in [1.54, 1.807) is 0 Å². The van der Waals surface area contributed by atoms with Crippen LogP contribution in [0.25, 0.3) is 22.1 Å². The molecule has 0 aliphatic heterocycles. The molecule has 31 heavy (non-hydrogen) atoms. The highest BCUT2D eigenvalue weighted by atomic mass is 35.5. The molecule has 4 rings (SSSR count). The average Bonchev–Trinajstić information content (AvgIpc) is 3.06.